The number of hydrogen-bond donors (Lipinski definition) is 0. The lowest BCUT2D eigenvalue weighted by molar-refractivity contribution is 0.100. The molecule has 2 fully saturated rings. The van der Waals surface area contributed by atoms with E-state index in [-0.39, 0.29) is 6.04 Å². The first-order valence-corrected chi connectivity index (χ1v) is 9.29. The van der Waals surface area contributed by atoms with Crippen molar-refractivity contribution in [2.75, 3.05) is 6.54 Å². The molecule has 1 saturated carbocycles. The van der Waals surface area contributed by atoms with Crippen LogP contribution in [0, 0.1) is 6.92 Å². The molecule has 1 atom stereocenters. The Hall–Kier alpha value is -1.69. The van der Waals surface area contributed by atoms with E-state index in [1.165, 1.54) is 44.9 Å². The molecule has 6 heteroatoms. The quantitative estimate of drug-likeness (QED) is 0.839. The van der Waals surface area contributed by atoms with Gasteiger partial charge in [-0.2, -0.15) is 4.98 Å². The summed E-state index contributed by atoms with van der Waals surface area (Å²) in [5.41, 5.74) is 1.15. The summed E-state index contributed by atoms with van der Waals surface area (Å²) < 4.78 is 11.1. The van der Waals surface area contributed by atoms with E-state index in [1.54, 1.807) is 0 Å². The SMILES string of the molecule is Cc1noc(C2CCCCN2Cc2cc(C3CCCCC3)no2)n1. The third-order valence-electron chi connectivity index (χ3n) is 5.40. The summed E-state index contributed by atoms with van der Waals surface area (Å²) in [5, 5.41) is 8.30. The van der Waals surface area contributed by atoms with Crippen LogP contribution in [0.4, 0.5) is 0 Å². The van der Waals surface area contributed by atoms with Gasteiger partial charge in [-0.1, -0.05) is 36.0 Å². The van der Waals surface area contributed by atoms with Crippen molar-refractivity contribution in [3.63, 3.8) is 0 Å². The van der Waals surface area contributed by atoms with Gasteiger partial charge in [0.25, 0.3) is 0 Å². The average molecular weight is 330 g/mol. The van der Waals surface area contributed by atoms with Gasteiger partial charge in [0.1, 0.15) is 0 Å². The van der Waals surface area contributed by atoms with Crippen molar-refractivity contribution in [1.29, 1.82) is 0 Å². The fourth-order valence-corrected chi connectivity index (χ4v) is 4.10. The average Bonchev–Trinajstić information content (AvgIpc) is 3.25. The summed E-state index contributed by atoms with van der Waals surface area (Å²) in [5.74, 6) is 2.99. The summed E-state index contributed by atoms with van der Waals surface area (Å²) in [6, 6.07) is 2.36. The number of nitrogens with zero attached hydrogens (tertiary/aromatic N) is 4. The molecule has 3 heterocycles. The molecule has 0 amide bonds. The number of hydrogen-bond acceptors (Lipinski definition) is 6. The van der Waals surface area contributed by atoms with Crippen LogP contribution in [-0.2, 0) is 6.54 Å². The second-order valence-corrected chi connectivity index (χ2v) is 7.21. The molecule has 2 aliphatic rings. The van der Waals surface area contributed by atoms with E-state index in [2.05, 4.69) is 26.3 Å². The molecule has 1 saturated heterocycles. The molecule has 24 heavy (non-hydrogen) atoms. The Kier molecular flexibility index (Phi) is 4.65. The smallest absolute Gasteiger partial charge is 0.243 e. The maximum Gasteiger partial charge on any atom is 0.243 e. The van der Waals surface area contributed by atoms with Crippen LogP contribution in [0.2, 0.25) is 0 Å². The third-order valence-corrected chi connectivity index (χ3v) is 5.40. The molecular formula is C18H26N4O2. The van der Waals surface area contributed by atoms with Crippen LogP contribution in [0.15, 0.2) is 15.1 Å². The van der Waals surface area contributed by atoms with Gasteiger partial charge in [-0.25, -0.2) is 0 Å². The molecule has 0 spiro atoms. The predicted molar refractivity (Wildman–Crippen MR) is 88.4 cm³/mol. The van der Waals surface area contributed by atoms with Crippen LogP contribution < -0.4 is 0 Å². The van der Waals surface area contributed by atoms with Crippen LogP contribution in [0.1, 0.15) is 86.5 Å². The van der Waals surface area contributed by atoms with Gasteiger partial charge >= 0.3 is 0 Å². The van der Waals surface area contributed by atoms with Gasteiger partial charge in [0.15, 0.2) is 11.6 Å². The van der Waals surface area contributed by atoms with Crippen LogP contribution in [0.25, 0.3) is 0 Å². The lowest BCUT2D eigenvalue weighted by Gasteiger charge is -2.32. The van der Waals surface area contributed by atoms with E-state index in [0.717, 1.165) is 36.9 Å². The normalized spacial score (nSPS) is 23.6. The zero-order valence-electron chi connectivity index (χ0n) is 14.4. The van der Waals surface area contributed by atoms with Crippen molar-refractivity contribution in [3.8, 4) is 0 Å². The highest BCUT2D eigenvalue weighted by Gasteiger charge is 2.29. The Morgan fingerprint density at radius 1 is 1.04 bits per heavy atom. The molecule has 2 aromatic rings. The van der Waals surface area contributed by atoms with Crippen LogP contribution in [0.3, 0.4) is 0 Å². The first-order chi connectivity index (χ1) is 11.8. The van der Waals surface area contributed by atoms with E-state index in [4.69, 9.17) is 9.05 Å². The van der Waals surface area contributed by atoms with Gasteiger partial charge in [-0.05, 0) is 39.2 Å². The highest BCUT2D eigenvalue weighted by molar-refractivity contribution is 5.12. The maximum absolute atomic E-state index is 5.65. The summed E-state index contributed by atoms with van der Waals surface area (Å²) in [6.07, 6.45) is 9.96. The Morgan fingerprint density at radius 3 is 2.67 bits per heavy atom. The standard InChI is InChI=1S/C18H26N4O2/c1-13-19-18(24-20-13)17-9-5-6-10-22(17)12-15-11-16(21-23-15)14-7-3-2-4-8-14/h11,14,17H,2-10,12H2,1H3. The zero-order valence-corrected chi connectivity index (χ0v) is 14.4. The van der Waals surface area contributed by atoms with Gasteiger partial charge in [-0.15, -0.1) is 0 Å². The molecule has 130 valence electrons. The molecule has 0 bridgehead atoms. The van der Waals surface area contributed by atoms with Gasteiger partial charge in [-0.3, -0.25) is 4.90 Å². The van der Waals surface area contributed by atoms with Crippen molar-refractivity contribution in [1.82, 2.24) is 20.2 Å². The fourth-order valence-electron chi connectivity index (χ4n) is 4.10. The summed E-state index contributed by atoms with van der Waals surface area (Å²) in [6.45, 7) is 3.67. The molecule has 4 rings (SSSR count). The number of piperidine rings is 1. The summed E-state index contributed by atoms with van der Waals surface area (Å²) in [7, 11) is 0. The Labute approximate surface area is 142 Å². The molecular weight excluding hydrogens is 304 g/mol. The van der Waals surface area contributed by atoms with Crippen LogP contribution in [-0.4, -0.2) is 26.7 Å². The van der Waals surface area contributed by atoms with Gasteiger partial charge < -0.3 is 9.05 Å². The predicted octanol–water partition coefficient (Wildman–Crippen LogP) is 4.14. The Bertz CT molecular complexity index is 660. The highest BCUT2D eigenvalue weighted by atomic mass is 16.5. The second kappa shape index (κ2) is 7.05. The first kappa shape index (κ1) is 15.8. The van der Waals surface area contributed by atoms with Gasteiger partial charge in [0.05, 0.1) is 18.3 Å². The minimum absolute atomic E-state index is 0.197. The molecule has 1 aliphatic heterocycles. The minimum Gasteiger partial charge on any atom is -0.360 e. The van der Waals surface area contributed by atoms with Crippen LogP contribution in [0.5, 0.6) is 0 Å². The van der Waals surface area contributed by atoms with E-state index in [1.807, 2.05) is 6.92 Å². The monoisotopic (exact) mass is 330 g/mol. The number of aryl methyl sites for hydroxylation is 1. The van der Waals surface area contributed by atoms with Crippen molar-refractivity contribution >= 4 is 0 Å². The van der Waals surface area contributed by atoms with Crippen molar-refractivity contribution in [2.45, 2.75) is 76.8 Å². The molecule has 6 nitrogen and oxygen atoms in total. The fraction of sp³-hybridized carbons (Fsp3) is 0.722. The largest absolute Gasteiger partial charge is 0.360 e. The minimum atomic E-state index is 0.197. The van der Waals surface area contributed by atoms with Crippen molar-refractivity contribution in [3.05, 3.63) is 29.2 Å². The molecule has 1 unspecified atom stereocenters. The van der Waals surface area contributed by atoms with E-state index in [0.29, 0.717) is 11.7 Å². The van der Waals surface area contributed by atoms with Gasteiger partial charge in [0.2, 0.25) is 5.89 Å². The third kappa shape index (κ3) is 3.38. The molecule has 0 radical (unpaired) electrons. The molecule has 0 aromatic carbocycles. The molecule has 2 aromatic heterocycles. The molecule has 0 N–H and O–H groups in total. The van der Waals surface area contributed by atoms with Crippen molar-refractivity contribution in [2.24, 2.45) is 0 Å². The van der Waals surface area contributed by atoms with Gasteiger partial charge in [0, 0.05) is 12.0 Å². The summed E-state index contributed by atoms with van der Waals surface area (Å²) in [4.78, 5) is 6.83. The van der Waals surface area contributed by atoms with E-state index >= 15 is 0 Å². The Morgan fingerprint density at radius 2 is 1.88 bits per heavy atom. The molecule has 1 aliphatic carbocycles. The maximum atomic E-state index is 5.65. The van der Waals surface area contributed by atoms with E-state index < -0.39 is 0 Å². The van der Waals surface area contributed by atoms with E-state index in [9.17, 15) is 0 Å². The number of likely N-dealkylation sites (tertiary alicyclic amines) is 1. The highest BCUT2D eigenvalue weighted by Crippen LogP contribution is 2.34. The lowest BCUT2D eigenvalue weighted by Crippen LogP contribution is -2.33. The van der Waals surface area contributed by atoms with Crippen molar-refractivity contribution < 1.29 is 9.05 Å². The first-order valence-electron chi connectivity index (χ1n) is 9.29. The number of rotatable bonds is 4. The topological polar surface area (TPSA) is 68.2 Å². The lowest BCUT2D eigenvalue weighted by atomic mass is 9.87. The number of aromatic nitrogens is 3. The zero-order chi connectivity index (χ0) is 16.4. The summed E-state index contributed by atoms with van der Waals surface area (Å²) >= 11 is 0. The second-order valence-electron chi connectivity index (χ2n) is 7.21. The van der Waals surface area contributed by atoms with Crippen LogP contribution >= 0.6 is 0 Å². The Balaban J connectivity index is 1.45.